The van der Waals surface area contributed by atoms with Crippen LogP contribution in [0.25, 0.3) is 0 Å². The van der Waals surface area contributed by atoms with E-state index in [-0.39, 0.29) is 11.3 Å². The highest BCUT2D eigenvalue weighted by Crippen LogP contribution is 2.23. The summed E-state index contributed by atoms with van der Waals surface area (Å²) in [6, 6.07) is 11.5. The van der Waals surface area contributed by atoms with E-state index in [2.05, 4.69) is 31.1 Å². The van der Waals surface area contributed by atoms with E-state index in [0.717, 1.165) is 11.2 Å². The summed E-state index contributed by atoms with van der Waals surface area (Å²) in [5.74, 6) is -0.187. The van der Waals surface area contributed by atoms with E-state index >= 15 is 0 Å². The average Bonchev–Trinajstić information content (AvgIpc) is 2.39. The Hall–Kier alpha value is -2.10. The lowest BCUT2D eigenvalue weighted by Crippen LogP contribution is -2.16. The number of amides is 1. The summed E-state index contributed by atoms with van der Waals surface area (Å²) < 4.78 is 0. The highest BCUT2D eigenvalue weighted by Gasteiger charge is 2.13. The molecule has 2 rings (SSSR count). The van der Waals surface area contributed by atoms with Gasteiger partial charge in [-0.25, -0.2) is 0 Å². The van der Waals surface area contributed by atoms with Crippen molar-refractivity contribution in [3.05, 3.63) is 53.9 Å². The molecular formula is C16H19BN2O. The Morgan fingerprint density at radius 3 is 2.25 bits per heavy atom. The summed E-state index contributed by atoms with van der Waals surface area (Å²) in [4.78, 5) is 16.2. The van der Waals surface area contributed by atoms with Crippen LogP contribution in [-0.2, 0) is 5.41 Å². The maximum atomic E-state index is 12.0. The molecule has 0 atom stereocenters. The van der Waals surface area contributed by atoms with Crippen LogP contribution in [0.4, 0.5) is 5.69 Å². The smallest absolute Gasteiger partial charge is 0.274 e. The third-order valence-corrected chi connectivity index (χ3v) is 3.15. The van der Waals surface area contributed by atoms with Gasteiger partial charge in [0, 0.05) is 11.9 Å². The lowest BCUT2D eigenvalue weighted by Gasteiger charge is -2.19. The molecule has 0 unspecified atom stereocenters. The Morgan fingerprint density at radius 2 is 1.75 bits per heavy atom. The number of benzene rings is 1. The number of aromatic nitrogens is 1. The topological polar surface area (TPSA) is 42.0 Å². The lowest BCUT2D eigenvalue weighted by molar-refractivity contribution is 0.102. The molecule has 0 saturated carbocycles. The minimum absolute atomic E-state index is 0.112. The monoisotopic (exact) mass is 266 g/mol. The summed E-state index contributed by atoms with van der Waals surface area (Å²) in [6.07, 6.45) is 1.69. The first-order valence-electron chi connectivity index (χ1n) is 6.71. The minimum Gasteiger partial charge on any atom is -0.321 e. The van der Waals surface area contributed by atoms with Gasteiger partial charge in [-0.1, -0.05) is 44.4 Å². The zero-order valence-corrected chi connectivity index (χ0v) is 12.4. The molecule has 0 aliphatic heterocycles. The Kier molecular flexibility index (Phi) is 3.93. The lowest BCUT2D eigenvalue weighted by atomic mass is 9.87. The van der Waals surface area contributed by atoms with Gasteiger partial charge in [0.25, 0.3) is 5.91 Å². The molecule has 2 aromatic rings. The predicted molar refractivity (Wildman–Crippen MR) is 85.5 cm³/mol. The van der Waals surface area contributed by atoms with Crippen molar-refractivity contribution in [2.24, 2.45) is 0 Å². The molecule has 0 saturated heterocycles. The maximum Gasteiger partial charge on any atom is 0.274 e. The van der Waals surface area contributed by atoms with Crippen LogP contribution in [0.5, 0.6) is 0 Å². The van der Waals surface area contributed by atoms with Gasteiger partial charge in [-0.2, -0.15) is 0 Å². The van der Waals surface area contributed by atoms with E-state index in [9.17, 15) is 4.79 Å². The quantitative estimate of drug-likeness (QED) is 0.843. The first kappa shape index (κ1) is 14.3. The number of anilines is 1. The van der Waals surface area contributed by atoms with E-state index in [0.29, 0.717) is 5.69 Å². The summed E-state index contributed by atoms with van der Waals surface area (Å²) in [5.41, 5.74) is 3.60. The molecule has 0 aliphatic carbocycles. The number of rotatable bonds is 2. The first-order valence-corrected chi connectivity index (χ1v) is 6.71. The fourth-order valence-electron chi connectivity index (χ4n) is 1.85. The van der Waals surface area contributed by atoms with Crippen LogP contribution in [-0.4, -0.2) is 18.7 Å². The molecule has 1 aromatic carbocycles. The minimum atomic E-state index is -0.187. The van der Waals surface area contributed by atoms with Crippen LogP contribution >= 0.6 is 0 Å². The number of pyridine rings is 1. The second-order valence-corrected chi connectivity index (χ2v) is 6.00. The van der Waals surface area contributed by atoms with Crippen molar-refractivity contribution in [2.45, 2.75) is 26.2 Å². The van der Waals surface area contributed by atoms with Gasteiger partial charge in [-0.15, -0.1) is 0 Å². The van der Waals surface area contributed by atoms with Gasteiger partial charge in [-0.3, -0.25) is 9.78 Å². The maximum absolute atomic E-state index is 12.0. The highest BCUT2D eigenvalue weighted by atomic mass is 16.1. The zero-order valence-electron chi connectivity index (χ0n) is 12.4. The van der Waals surface area contributed by atoms with Crippen LogP contribution in [0.15, 0.2) is 42.6 Å². The van der Waals surface area contributed by atoms with Gasteiger partial charge >= 0.3 is 0 Å². The molecule has 1 N–H and O–H groups in total. The van der Waals surface area contributed by atoms with Gasteiger partial charge < -0.3 is 5.32 Å². The second-order valence-electron chi connectivity index (χ2n) is 6.00. The second kappa shape index (κ2) is 5.49. The van der Waals surface area contributed by atoms with Crippen LogP contribution in [0.1, 0.15) is 36.8 Å². The normalized spacial score (nSPS) is 11.2. The molecule has 0 radical (unpaired) electrons. The molecule has 0 aliphatic rings. The molecule has 4 heteroatoms. The molecular weight excluding hydrogens is 247 g/mol. The van der Waals surface area contributed by atoms with Crippen molar-refractivity contribution >= 4 is 24.9 Å². The molecule has 3 nitrogen and oxygen atoms in total. The number of nitrogens with zero attached hydrogens (tertiary/aromatic N) is 1. The van der Waals surface area contributed by atoms with Crippen molar-refractivity contribution in [3.8, 4) is 0 Å². The van der Waals surface area contributed by atoms with Gasteiger partial charge in [0.1, 0.15) is 13.5 Å². The Bertz CT molecular complexity index is 598. The SMILES string of the molecule is Bc1ccc(C(=O)Nc2ccc(C(C)(C)C)cc2)nc1. The number of nitrogens with one attached hydrogen (secondary N) is 1. The van der Waals surface area contributed by atoms with Crippen molar-refractivity contribution in [1.82, 2.24) is 4.98 Å². The van der Waals surface area contributed by atoms with Gasteiger partial charge in [0.05, 0.1) is 0 Å². The van der Waals surface area contributed by atoms with Crippen molar-refractivity contribution in [2.75, 3.05) is 5.32 Å². The van der Waals surface area contributed by atoms with Gasteiger partial charge in [0.2, 0.25) is 0 Å². The Balaban J connectivity index is 2.10. The van der Waals surface area contributed by atoms with E-state index in [1.165, 1.54) is 5.56 Å². The number of carbonyl (C=O) groups excluding carboxylic acids is 1. The molecule has 1 aromatic heterocycles. The van der Waals surface area contributed by atoms with E-state index in [4.69, 9.17) is 0 Å². The molecule has 0 fully saturated rings. The van der Waals surface area contributed by atoms with Gasteiger partial charge in [-0.05, 0) is 29.2 Å². The molecule has 1 heterocycles. The Morgan fingerprint density at radius 1 is 1.10 bits per heavy atom. The largest absolute Gasteiger partial charge is 0.321 e. The fourth-order valence-corrected chi connectivity index (χ4v) is 1.85. The summed E-state index contributed by atoms with van der Waals surface area (Å²) >= 11 is 0. The zero-order chi connectivity index (χ0) is 14.8. The van der Waals surface area contributed by atoms with Crippen LogP contribution in [0.3, 0.4) is 0 Å². The molecule has 0 bridgehead atoms. The predicted octanol–water partition coefficient (Wildman–Crippen LogP) is 1.89. The molecule has 0 spiro atoms. The van der Waals surface area contributed by atoms with Crippen molar-refractivity contribution in [3.63, 3.8) is 0 Å². The summed E-state index contributed by atoms with van der Waals surface area (Å²) in [7, 11) is 1.94. The third kappa shape index (κ3) is 3.47. The standard InChI is InChI=1S/C16H19BN2O/c1-16(2,3)11-4-7-13(8-5-11)19-15(20)14-9-6-12(17)10-18-14/h4-10H,17H2,1-3H3,(H,19,20). The van der Waals surface area contributed by atoms with E-state index in [1.807, 2.05) is 38.2 Å². The van der Waals surface area contributed by atoms with Crippen molar-refractivity contribution < 1.29 is 4.79 Å². The number of hydrogen-bond acceptors (Lipinski definition) is 2. The third-order valence-electron chi connectivity index (χ3n) is 3.15. The van der Waals surface area contributed by atoms with Crippen LogP contribution in [0.2, 0.25) is 0 Å². The summed E-state index contributed by atoms with van der Waals surface area (Å²) in [6.45, 7) is 6.49. The van der Waals surface area contributed by atoms with Crippen LogP contribution in [0, 0.1) is 0 Å². The first-order chi connectivity index (χ1) is 9.36. The Labute approximate surface area is 120 Å². The number of hydrogen-bond donors (Lipinski definition) is 1. The van der Waals surface area contributed by atoms with E-state index < -0.39 is 0 Å². The molecule has 1 amide bonds. The number of carbonyl (C=O) groups is 1. The van der Waals surface area contributed by atoms with Crippen molar-refractivity contribution in [1.29, 1.82) is 0 Å². The van der Waals surface area contributed by atoms with Gasteiger partial charge in [0.15, 0.2) is 0 Å². The average molecular weight is 266 g/mol. The fraction of sp³-hybridized carbons (Fsp3) is 0.250. The molecule has 102 valence electrons. The summed E-state index contributed by atoms with van der Waals surface area (Å²) in [5, 5.41) is 2.85. The molecule has 20 heavy (non-hydrogen) atoms. The van der Waals surface area contributed by atoms with Crippen LogP contribution < -0.4 is 10.8 Å². The van der Waals surface area contributed by atoms with E-state index in [1.54, 1.807) is 12.3 Å². The highest BCUT2D eigenvalue weighted by molar-refractivity contribution is 6.32.